The third-order valence-electron chi connectivity index (χ3n) is 6.41. The Hall–Kier alpha value is -3.05. The highest BCUT2D eigenvalue weighted by molar-refractivity contribution is 7.90. The number of nitrogens with zero attached hydrogens (tertiary/aromatic N) is 5. The molecule has 194 valence electrons. The molecule has 0 radical (unpaired) electrons. The Morgan fingerprint density at radius 1 is 1.14 bits per heavy atom. The lowest BCUT2D eigenvalue weighted by atomic mass is 10.1. The van der Waals surface area contributed by atoms with Crippen molar-refractivity contribution in [1.82, 2.24) is 29.6 Å². The number of piperidine rings is 1. The van der Waals surface area contributed by atoms with Gasteiger partial charge in [-0.3, -0.25) is 9.48 Å². The summed E-state index contributed by atoms with van der Waals surface area (Å²) in [5.74, 6) is 0.427. The molecule has 10 nitrogen and oxygen atoms in total. The van der Waals surface area contributed by atoms with Crippen LogP contribution in [0.25, 0.3) is 11.3 Å². The van der Waals surface area contributed by atoms with E-state index in [1.54, 1.807) is 32.3 Å². The summed E-state index contributed by atoms with van der Waals surface area (Å²) in [4.78, 5) is 21.3. The van der Waals surface area contributed by atoms with Crippen LogP contribution in [0, 0.1) is 20.8 Å². The van der Waals surface area contributed by atoms with E-state index >= 15 is 0 Å². The molecule has 3 aromatic rings. The Morgan fingerprint density at radius 3 is 2.53 bits per heavy atom. The second kappa shape index (κ2) is 10.5. The van der Waals surface area contributed by atoms with Gasteiger partial charge in [-0.05, 0) is 65.3 Å². The SMILES string of the molecule is CCCS(=O)(=O)Cc1cc(-c2cc(C)c(=O)n(C)c2)nc(Oc2c(C)nn(C3CCNCC3)c2C)n1. The van der Waals surface area contributed by atoms with Crippen molar-refractivity contribution in [2.75, 3.05) is 18.8 Å². The van der Waals surface area contributed by atoms with Crippen LogP contribution in [0.1, 0.15) is 54.9 Å². The van der Waals surface area contributed by atoms with Crippen molar-refractivity contribution < 1.29 is 13.2 Å². The number of pyridine rings is 1. The standard InChI is InChI=1S/C25H34N6O4S/c1-6-11-36(33,34)15-20-13-22(19-12-16(2)24(32)30(5)14-19)28-25(27-20)35-23-17(3)29-31(18(23)4)21-7-9-26-10-8-21/h12-14,21,26H,6-11,15H2,1-5H3. The number of aromatic nitrogens is 5. The Morgan fingerprint density at radius 2 is 1.86 bits per heavy atom. The zero-order chi connectivity index (χ0) is 26.0. The quantitative estimate of drug-likeness (QED) is 0.487. The van der Waals surface area contributed by atoms with Crippen LogP contribution < -0.4 is 15.6 Å². The van der Waals surface area contributed by atoms with Crippen molar-refractivity contribution in [3.8, 4) is 23.0 Å². The van der Waals surface area contributed by atoms with Crippen molar-refractivity contribution in [2.45, 2.75) is 58.8 Å². The Kier molecular flexibility index (Phi) is 7.60. The van der Waals surface area contributed by atoms with E-state index in [9.17, 15) is 13.2 Å². The molecule has 1 saturated heterocycles. The smallest absolute Gasteiger partial charge is 0.322 e. The van der Waals surface area contributed by atoms with Crippen molar-refractivity contribution in [3.63, 3.8) is 0 Å². The lowest BCUT2D eigenvalue weighted by molar-refractivity contribution is 0.335. The van der Waals surface area contributed by atoms with Gasteiger partial charge in [0.25, 0.3) is 5.56 Å². The van der Waals surface area contributed by atoms with Crippen LogP contribution in [0.15, 0.2) is 23.1 Å². The Balaban J connectivity index is 1.76. The highest BCUT2D eigenvalue weighted by atomic mass is 32.2. The van der Waals surface area contributed by atoms with E-state index < -0.39 is 9.84 Å². The summed E-state index contributed by atoms with van der Waals surface area (Å²) < 4.78 is 34.9. The van der Waals surface area contributed by atoms with E-state index in [1.807, 2.05) is 25.5 Å². The molecule has 0 saturated carbocycles. The molecular weight excluding hydrogens is 480 g/mol. The summed E-state index contributed by atoms with van der Waals surface area (Å²) >= 11 is 0. The van der Waals surface area contributed by atoms with Gasteiger partial charge in [-0.25, -0.2) is 8.42 Å². The van der Waals surface area contributed by atoms with Crippen LogP contribution in [0.2, 0.25) is 0 Å². The van der Waals surface area contributed by atoms with Crippen LogP contribution in [0.4, 0.5) is 0 Å². The second-order valence-electron chi connectivity index (χ2n) is 9.47. The van der Waals surface area contributed by atoms with Crippen molar-refractivity contribution >= 4 is 9.84 Å². The minimum atomic E-state index is -3.35. The molecular formula is C25H34N6O4S. The van der Waals surface area contributed by atoms with Crippen LogP contribution in [0.3, 0.4) is 0 Å². The lowest BCUT2D eigenvalue weighted by Crippen LogP contribution is -2.30. The molecule has 0 bridgehead atoms. The molecule has 1 fully saturated rings. The predicted molar refractivity (Wildman–Crippen MR) is 138 cm³/mol. The topological polar surface area (TPSA) is 121 Å². The van der Waals surface area contributed by atoms with Gasteiger partial charge in [0.15, 0.2) is 15.6 Å². The highest BCUT2D eigenvalue weighted by Crippen LogP contribution is 2.32. The number of rotatable bonds is 8. The van der Waals surface area contributed by atoms with Gasteiger partial charge in [0.05, 0.1) is 34.6 Å². The van der Waals surface area contributed by atoms with E-state index in [-0.39, 0.29) is 29.1 Å². The van der Waals surface area contributed by atoms with Crippen LogP contribution in [-0.4, -0.2) is 51.6 Å². The minimum Gasteiger partial charge on any atom is -0.420 e. The molecule has 0 amide bonds. The van der Waals surface area contributed by atoms with Gasteiger partial charge >= 0.3 is 6.01 Å². The van der Waals surface area contributed by atoms with Crippen molar-refractivity contribution in [3.05, 3.63) is 51.3 Å². The number of nitrogens with one attached hydrogen (secondary N) is 1. The van der Waals surface area contributed by atoms with Crippen LogP contribution >= 0.6 is 0 Å². The zero-order valence-corrected chi connectivity index (χ0v) is 22.4. The number of sulfone groups is 1. The maximum Gasteiger partial charge on any atom is 0.322 e. The highest BCUT2D eigenvalue weighted by Gasteiger charge is 2.23. The molecule has 1 aliphatic heterocycles. The van der Waals surface area contributed by atoms with Gasteiger partial charge in [-0.2, -0.15) is 15.1 Å². The molecule has 3 aromatic heterocycles. The first-order chi connectivity index (χ1) is 17.1. The molecule has 0 atom stereocenters. The van der Waals surface area contributed by atoms with Crippen LogP contribution in [-0.2, 0) is 22.6 Å². The van der Waals surface area contributed by atoms with Gasteiger partial charge in [-0.1, -0.05) is 6.92 Å². The first kappa shape index (κ1) is 26.0. The molecule has 1 aliphatic rings. The average Bonchev–Trinajstić information content (AvgIpc) is 3.10. The van der Waals surface area contributed by atoms with E-state index in [4.69, 9.17) is 9.84 Å². The Bertz CT molecular complexity index is 1390. The van der Waals surface area contributed by atoms with Crippen LogP contribution in [0.5, 0.6) is 11.8 Å². The fourth-order valence-corrected chi connectivity index (χ4v) is 6.03. The lowest BCUT2D eigenvalue weighted by Gasteiger charge is -2.24. The molecule has 0 spiro atoms. The first-order valence-corrected chi connectivity index (χ1v) is 14.1. The van der Waals surface area contributed by atoms with Gasteiger partial charge in [0, 0.05) is 24.4 Å². The van der Waals surface area contributed by atoms with Gasteiger partial charge < -0.3 is 14.6 Å². The number of aryl methyl sites for hydroxylation is 3. The molecule has 0 aliphatic carbocycles. The van der Waals surface area contributed by atoms with Gasteiger partial charge in [0.2, 0.25) is 0 Å². The fourth-order valence-electron chi connectivity index (χ4n) is 4.66. The van der Waals surface area contributed by atoms with E-state index in [2.05, 4.69) is 15.3 Å². The normalized spacial score (nSPS) is 14.8. The maximum atomic E-state index is 12.6. The zero-order valence-electron chi connectivity index (χ0n) is 21.5. The first-order valence-electron chi connectivity index (χ1n) is 12.3. The average molecular weight is 515 g/mol. The molecule has 11 heteroatoms. The number of hydrogen-bond donors (Lipinski definition) is 1. The van der Waals surface area contributed by atoms with E-state index in [1.165, 1.54) is 4.57 Å². The monoisotopic (exact) mass is 514 g/mol. The summed E-state index contributed by atoms with van der Waals surface area (Å²) in [6.07, 6.45) is 4.17. The molecule has 36 heavy (non-hydrogen) atoms. The summed E-state index contributed by atoms with van der Waals surface area (Å²) in [5, 5.41) is 8.09. The molecule has 0 aromatic carbocycles. The summed E-state index contributed by atoms with van der Waals surface area (Å²) in [6.45, 7) is 9.30. The van der Waals surface area contributed by atoms with Crippen molar-refractivity contribution in [1.29, 1.82) is 0 Å². The summed E-state index contributed by atoms with van der Waals surface area (Å²) in [5.41, 5.74) is 3.56. The molecule has 1 N–H and O–H groups in total. The van der Waals surface area contributed by atoms with Crippen molar-refractivity contribution in [2.24, 2.45) is 7.05 Å². The number of ether oxygens (including phenoxy) is 1. The van der Waals surface area contributed by atoms with Gasteiger partial charge in [-0.15, -0.1) is 0 Å². The molecule has 0 unspecified atom stereocenters. The third-order valence-corrected chi connectivity index (χ3v) is 8.17. The molecule has 4 heterocycles. The predicted octanol–water partition coefficient (Wildman–Crippen LogP) is 3.01. The largest absolute Gasteiger partial charge is 0.420 e. The minimum absolute atomic E-state index is 0.0526. The second-order valence-corrected chi connectivity index (χ2v) is 11.7. The van der Waals surface area contributed by atoms with Gasteiger partial charge in [0.1, 0.15) is 5.69 Å². The molecule has 4 rings (SSSR count). The van der Waals surface area contributed by atoms with E-state index in [0.29, 0.717) is 34.7 Å². The third kappa shape index (κ3) is 5.67. The summed E-state index contributed by atoms with van der Waals surface area (Å²) in [6, 6.07) is 3.73. The summed E-state index contributed by atoms with van der Waals surface area (Å²) in [7, 11) is -1.67. The van der Waals surface area contributed by atoms with E-state index in [0.717, 1.165) is 37.3 Å². The Labute approximate surface area is 211 Å². The number of hydrogen-bond acceptors (Lipinski definition) is 8. The maximum absolute atomic E-state index is 12.6. The fraction of sp³-hybridized carbons (Fsp3) is 0.520.